The van der Waals surface area contributed by atoms with Crippen molar-refractivity contribution in [2.75, 3.05) is 6.61 Å². The van der Waals surface area contributed by atoms with E-state index in [-0.39, 0.29) is 6.10 Å². The number of fused-ring (bicyclic) bond motifs is 2. The van der Waals surface area contributed by atoms with Gasteiger partial charge >= 0.3 is 0 Å². The first-order valence-electron chi connectivity index (χ1n) is 6.54. The zero-order valence-corrected chi connectivity index (χ0v) is 12.3. The van der Waals surface area contributed by atoms with Crippen LogP contribution < -0.4 is 9.47 Å². The standard InChI is InChI=1S/C16H12BrNO2/c17-11-6-5-10-7-13(18-12(10)8-11)16-9-19-14-3-1-2-4-15(14)20-16/h1-6,8,16H,7,9H2. The highest BCUT2D eigenvalue weighted by Gasteiger charge is 2.28. The molecule has 0 N–H and O–H groups in total. The molecule has 2 heterocycles. The van der Waals surface area contributed by atoms with E-state index in [0.29, 0.717) is 6.61 Å². The van der Waals surface area contributed by atoms with E-state index in [1.54, 1.807) is 0 Å². The molecule has 0 spiro atoms. The van der Waals surface area contributed by atoms with Gasteiger partial charge in [-0.3, -0.25) is 4.99 Å². The molecule has 4 rings (SSSR count). The summed E-state index contributed by atoms with van der Waals surface area (Å²) < 4.78 is 12.8. The summed E-state index contributed by atoms with van der Waals surface area (Å²) in [5.41, 5.74) is 3.30. The molecule has 0 amide bonds. The fourth-order valence-corrected chi connectivity index (χ4v) is 2.90. The van der Waals surface area contributed by atoms with Gasteiger partial charge in [-0.05, 0) is 29.8 Å². The van der Waals surface area contributed by atoms with Crippen LogP contribution in [-0.4, -0.2) is 18.4 Å². The van der Waals surface area contributed by atoms with Crippen molar-refractivity contribution in [3.63, 3.8) is 0 Å². The van der Waals surface area contributed by atoms with Gasteiger partial charge in [0.15, 0.2) is 17.6 Å². The lowest BCUT2D eigenvalue weighted by molar-refractivity contribution is 0.134. The van der Waals surface area contributed by atoms with Crippen LogP contribution >= 0.6 is 15.9 Å². The Hall–Kier alpha value is -1.81. The average molecular weight is 330 g/mol. The van der Waals surface area contributed by atoms with Crippen LogP contribution in [0.1, 0.15) is 5.56 Å². The smallest absolute Gasteiger partial charge is 0.171 e. The van der Waals surface area contributed by atoms with Crippen molar-refractivity contribution < 1.29 is 9.47 Å². The summed E-state index contributed by atoms with van der Waals surface area (Å²) >= 11 is 3.48. The van der Waals surface area contributed by atoms with Gasteiger partial charge in [-0.15, -0.1) is 0 Å². The molecule has 0 aliphatic carbocycles. The van der Waals surface area contributed by atoms with E-state index in [1.807, 2.05) is 36.4 Å². The molecule has 20 heavy (non-hydrogen) atoms. The quantitative estimate of drug-likeness (QED) is 0.794. The summed E-state index contributed by atoms with van der Waals surface area (Å²) in [6.07, 6.45) is 0.731. The summed E-state index contributed by atoms with van der Waals surface area (Å²) in [5.74, 6) is 1.60. The largest absolute Gasteiger partial charge is 0.485 e. The van der Waals surface area contributed by atoms with E-state index >= 15 is 0 Å². The van der Waals surface area contributed by atoms with Gasteiger partial charge in [-0.25, -0.2) is 0 Å². The summed E-state index contributed by atoms with van der Waals surface area (Å²) in [4.78, 5) is 4.69. The summed E-state index contributed by atoms with van der Waals surface area (Å²) in [5, 5.41) is 0. The lowest BCUT2D eigenvalue weighted by atomic mass is 10.1. The Bertz CT molecular complexity index is 711. The minimum Gasteiger partial charge on any atom is -0.485 e. The summed E-state index contributed by atoms with van der Waals surface area (Å²) in [7, 11) is 0. The van der Waals surface area contributed by atoms with E-state index in [0.717, 1.165) is 33.8 Å². The molecule has 0 aromatic heterocycles. The van der Waals surface area contributed by atoms with Crippen molar-refractivity contribution in [3.8, 4) is 11.5 Å². The van der Waals surface area contributed by atoms with Crippen LogP contribution in [0.3, 0.4) is 0 Å². The SMILES string of the molecule is Brc1ccc2c(c1)N=C(C1COc3ccccc3O1)C2. The number of para-hydroxylation sites is 2. The zero-order chi connectivity index (χ0) is 13.5. The number of ether oxygens (including phenoxy) is 2. The van der Waals surface area contributed by atoms with Crippen molar-refractivity contribution in [1.29, 1.82) is 0 Å². The molecule has 2 aliphatic rings. The highest BCUT2D eigenvalue weighted by atomic mass is 79.9. The highest BCUT2D eigenvalue weighted by Crippen LogP contribution is 2.35. The van der Waals surface area contributed by atoms with E-state index in [4.69, 9.17) is 14.5 Å². The fraction of sp³-hybridized carbons (Fsp3) is 0.188. The molecule has 0 saturated heterocycles. The topological polar surface area (TPSA) is 30.8 Å². The lowest BCUT2D eigenvalue weighted by Crippen LogP contribution is -2.36. The highest BCUT2D eigenvalue weighted by molar-refractivity contribution is 9.10. The first-order chi connectivity index (χ1) is 9.79. The van der Waals surface area contributed by atoms with Gasteiger partial charge in [-0.1, -0.05) is 34.1 Å². The molecule has 0 bridgehead atoms. The van der Waals surface area contributed by atoms with E-state index < -0.39 is 0 Å². The number of halogens is 1. The minimum atomic E-state index is -0.101. The van der Waals surface area contributed by atoms with Gasteiger partial charge < -0.3 is 9.47 Å². The summed E-state index contributed by atoms with van der Waals surface area (Å²) in [6, 6.07) is 13.9. The molecular weight excluding hydrogens is 318 g/mol. The maximum Gasteiger partial charge on any atom is 0.171 e. The van der Waals surface area contributed by atoms with Crippen LogP contribution in [0.15, 0.2) is 51.9 Å². The van der Waals surface area contributed by atoms with Crippen molar-refractivity contribution in [3.05, 3.63) is 52.5 Å². The molecule has 1 atom stereocenters. The van der Waals surface area contributed by atoms with Gasteiger partial charge in [0.25, 0.3) is 0 Å². The van der Waals surface area contributed by atoms with Gasteiger partial charge in [0.2, 0.25) is 0 Å². The number of benzene rings is 2. The first kappa shape index (κ1) is 12.0. The average Bonchev–Trinajstić information content (AvgIpc) is 2.89. The van der Waals surface area contributed by atoms with Gasteiger partial charge in [0.05, 0.1) is 11.4 Å². The predicted octanol–water partition coefficient (Wildman–Crippen LogP) is 3.92. The molecule has 0 saturated carbocycles. The van der Waals surface area contributed by atoms with E-state index in [1.165, 1.54) is 5.56 Å². The Morgan fingerprint density at radius 3 is 2.85 bits per heavy atom. The molecule has 2 aliphatic heterocycles. The van der Waals surface area contributed by atoms with Crippen LogP contribution in [0.25, 0.3) is 0 Å². The van der Waals surface area contributed by atoms with Crippen LogP contribution in [0, 0.1) is 0 Å². The number of nitrogens with zero attached hydrogens (tertiary/aromatic N) is 1. The Labute approximate surface area is 125 Å². The number of hydrogen-bond acceptors (Lipinski definition) is 3. The molecule has 4 heteroatoms. The van der Waals surface area contributed by atoms with Crippen LogP contribution in [0.5, 0.6) is 11.5 Å². The van der Waals surface area contributed by atoms with Gasteiger partial charge in [0.1, 0.15) is 6.61 Å². The van der Waals surface area contributed by atoms with Crippen LogP contribution in [-0.2, 0) is 6.42 Å². The molecule has 2 aromatic carbocycles. The maximum absolute atomic E-state index is 6.01. The maximum atomic E-state index is 6.01. The predicted molar refractivity (Wildman–Crippen MR) is 81.3 cm³/mol. The van der Waals surface area contributed by atoms with Crippen molar-refractivity contribution >= 4 is 27.3 Å². The molecule has 1 unspecified atom stereocenters. The second-order valence-electron chi connectivity index (χ2n) is 4.92. The van der Waals surface area contributed by atoms with Crippen molar-refractivity contribution in [2.45, 2.75) is 12.5 Å². The third-order valence-corrected chi connectivity index (χ3v) is 4.06. The van der Waals surface area contributed by atoms with E-state index in [9.17, 15) is 0 Å². The Morgan fingerprint density at radius 1 is 1.10 bits per heavy atom. The van der Waals surface area contributed by atoms with Crippen molar-refractivity contribution in [1.82, 2.24) is 0 Å². The Kier molecular flexibility index (Phi) is 2.77. The third kappa shape index (κ3) is 2.00. The second kappa shape index (κ2) is 4.63. The van der Waals surface area contributed by atoms with Crippen molar-refractivity contribution in [2.24, 2.45) is 4.99 Å². The molecular formula is C16H12BrNO2. The number of aliphatic imine (C=N–C) groups is 1. The Morgan fingerprint density at radius 2 is 1.95 bits per heavy atom. The molecule has 3 nitrogen and oxygen atoms in total. The number of hydrogen-bond donors (Lipinski definition) is 0. The van der Waals surface area contributed by atoms with Crippen LogP contribution in [0.2, 0.25) is 0 Å². The van der Waals surface area contributed by atoms with E-state index in [2.05, 4.69) is 22.0 Å². The normalized spacial score (nSPS) is 19.4. The minimum absolute atomic E-state index is 0.101. The summed E-state index contributed by atoms with van der Waals surface area (Å²) in [6.45, 7) is 0.519. The molecule has 100 valence electrons. The lowest BCUT2D eigenvalue weighted by Gasteiger charge is -2.26. The Balaban J connectivity index is 1.61. The third-order valence-electron chi connectivity index (χ3n) is 3.56. The molecule has 0 fully saturated rings. The fourth-order valence-electron chi connectivity index (χ4n) is 2.55. The zero-order valence-electron chi connectivity index (χ0n) is 10.7. The van der Waals surface area contributed by atoms with Crippen LogP contribution in [0.4, 0.5) is 5.69 Å². The monoisotopic (exact) mass is 329 g/mol. The van der Waals surface area contributed by atoms with Gasteiger partial charge in [-0.2, -0.15) is 0 Å². The molecule has 2 aromatic rings. The van der Waals surface area contributed by atoms with Gasteiger partial charge in [0, 0.05) is 10.9 Å². The number of rotatable bonds is 1. The molecule has 0 radical (unpaired) electrons. The second-order valence-corrected chi connectivity index (χ2v) is 5.83. The first-order valence-corrected chi connectivity index (χ1v) is 7.33.